The Morgan fingerprint density at radius 3 is 2.32 bits per heavy atom. The Morgan fingerprint density at radius 2 is 1.79 bits per heavy atom. The van der Waals surface area contributed by atoms with Crippen molar-refractivity contribution in [1.29, 1.82) is 0 Å². The molecule has 2 aromatic carbocycles. The first-order valence-corrected chi connectivity index (χ1v) is 8.21. The summed E-state index contributed by atoms with van der Waals surface area (Å²) >= 11 is 0. The van der Waals surface area contributed by atoms with Gasteiger partial charge in [-0.1, -0.05) is 12.1 Å². The maximum Gasteiger partial charge on any atom is 0.326 e. The minimum absolute atomic E-state index is 0.112. The largest absolute Gasteiger partial charge is 0.496 e. The quantitative estimate of drug-likeness (QED) is 0.253. The molecule has 1 heterocycles. The number of rotatable bonds is 5. The van der Waals surface area contributed by atoms with Gasteiger partial charge in [0.1, 0.15) is 17.2 Å². The van der Waals surface area contributed by atoms with E-state index in [0.717, 1.165) is 0 Å². The van der Waals surface area contributed by atoms with E-state index in [1.54, 1.807) is 6.07 Å². The molecule has 2 aromatic rings. The molecule has 0 amide bonds. The number of hydrogen-bond acceptors (Lipinski definition) is 8. The Bertz CT molecular complexity index is 938. The number of carbonyl (C=O) groups is 2. The summed E-state index contributed by atoms with van der Waals surface area (Å²) in [4.78, 5) is 35.4. The molecular weight excluding hydrogens is 370 g/mol. The highest BCUT2D eigenvalue weighted by atomic mass is 16.6. The molecule has 0 saturated carbocycles. The van der Waals surface area contributed by atoms with Gasteiger partial charge in [0, 0.05) is 35.7 Å². The van der Waals surface area contributed by atoms with Gasteiger partial charge in [-0.3, -0.25) is 19.7 Å². The number of nitro groups is 1. The van der Waals surface area contributed by atoms with Gasteiger partial charge < -0.3 is 18.9 Å². The number of nitrogens with zero attached hydrogens (tertiary/aromatic N) is 1. The molecule has 9 heteroatoms. The number of non-ortho nitro benzene ring substituents is 1. The van der Waals surface area contributed by atoms with Crippen LogP contribution in [0.3, 0.4) is 0 Å². The van der Waals surface area contributed by atoms with Crippen LogP contribution >= 0.6 is 0 Å². The molecule has 3 rings (SSSR count). The molecule has 0 fully saturated rings. The van der Waals surface area contributed by atoms with E-state index in [1.807, 2.05) is 0 Å². The van der Waals surface area contributed by atoms with Crippen LogP contribution in [-0.4, -0.2) is 38.2 Å². The van der Waals surface area contributed by atoms with Crippen molar-refractivity contribution < 1.29 is 33.5 Å². The van der Waals surface area contributed by atoms with Crippen LogP contribution in [0.2, 0.25) is 0 Å². The summed E-state index contributed by atoms with van der Waals surface area (Å²) in [6, 6.07) is 8.71. The summed E-state index contributed by atoms with van der Waals surface area (Å²) in [5, 5.41) is 11.0. The van der Waals surface area contributed by atoms with E-state index < -0.39 is 28.7 Å². The standard InChI is InChI=1S/C19H17NO8/c1-25-12-8-13(26-2)16-14(9-12)28-19(22)17(18(21)27-3)15(16)10-4-6-11(7-5-10)20(23)24/h4-9,15,17H,1-3H3/t15-,17-/m0/s1. The molecule has 0 aliphatic carbocycles. The monoisotopic (exact) mass is 387 g/mol. The Kier molecular flexibility index (Phi) is 5.16. The van der Waals surface area contributed by atoms with Crippen LogP contribution in [0.5, 0.6) is 17.2 Å². The summed E-state index contributed by atoms with van der Waals surface area (Å²) in [5.74, 6) is -2.74. The van der Waals surface area contributed by atoms with E-state index in [4.69, 9.17) is 18.9 Å². The second kappa shape index (κ2) is 7.55. The normalized spacial score (nSPS) is 17.9. The van der Waals surface area contributed by atoms with Gasteiger partial charge in [-0.05, 0) is 5.56 Å². The van der Waals surface area contributed by atoms with Crippen molar-refractivity contribution >= 4 is 17.6 Å². The maximum atomic E-state index is 12.6. The highest BCUT2D eigenvalue weighted by molar-refractivity contribution is 5.99. The Balaban J connectivity index is 2.24. The number of methoxy groups -OCH3 is 3. The molecule has 1 aliphatic rings. The fraction of sp³-hybridized carbons (Fsp3) is 0.263. The van der Waals surface area contributed by atoms with Crippen molar-refractivity contribution in [1.82, 2.24) is 0 Å². The number of esters is 2. The third-order valence-corrected chi connectivity index (χ3v) is 4.56. The molecule has 0 aromatic heterocycles. The van der Waals surface area contributed by atoms with Crippen molar-refractivity contribution in [2.24, 2.45) is 5.92 Å². The molecule has 9 nitrogen and oxygen atoms in total. The first kappa shape index (κ1) is 19.2. The van der Waals surface area contributed by atoms with Crippen molar-refractivity contribution in [2.45, 2.75) is 5.92 Å². The van der Waals surface area contributed by atoms with Gasteiger partial charge >= 0.3 is 11.9 Å². The van der Waals surface area contributed by atoms with E-state index >= 15 is 0 Å². The second-order valence-corrected chi connectivity index (χ2v) is 5.99. The zero-order chi connectivity index (χ0) is 20.4. The van der Waals surface area contributed by atoms with Crippen LogP contribution in [0.15, 0.2) is 36.4 Å². The lowest BCUT2D eigenvalue weighted by molar-refractivity contribution is -0.384. The van der Waals surface area contributed by atoms with E-state index in [9.17, 15) is 19.7 Å². The van der Waals surface area contributed by atoms with E-state index in [0.29, 0.717) is 22.6 Å². The molecule has 1 aliphatic heterocycles. The number of benzene rings is 2. The summed E-state index contributed by atoms with van der Waals surface area (Å²) in [5.41, 5.74) is 0.841. The van der Waals surface area contributed by atoms with Gasteiger partial charge in [0.2, 0.25) is 0 Å². The van der Waals surface area contributed by atoms with E-state index in [2.05, 4.69) is 0 Å². The zero-order valence-corrected chi connectivity index (χ0v) is 15.3. The molecule has 146 valence electrons. The number of carbonyl (C=O) groups excluding carboxylic acids is 2. The molecule has 28 heavy (non-hydrogen) atoms. The van der Waals surface area contributed by atoms with Gasteiger partial charge in [0.25, 0.3) is 5.69 Å². The molecule has 0 N–H and O–H groups in total. The summed E-state index contributed by atoms with van der Waals surface area (Å²) in [7, 11) is 4.06. The fourth-order valence-corrected chi connectivity index (χ4v) is 3.25. The number of hydrogen-bond donors (Lipinski definition) is 0. The summed E-state index contributed by atoms with van der Waals surface area (Å²) in [6.45, 7) is 0. The molecule has 0 spiro atoms. The Labute approximate surface area is 159 Å². The predicted octanol–water partition coefficient (Wildman–Crippen LogP) is 2.45. The van der Waals surface area contributed by atoms with Crippen LogP contribution < -0.4 is 14.2 Å². The van der Waals surface area contributed by atoms with Gasteiger partial charge in [-0.2, -0.15) is 0 Å². The maximum absolute atomic E-state index is 12.6. The Hall–Kier alpha value is -3.62. The molecule has 2 atom stereocenters. The molecular formula is C19H17NO8. The molecule has 0 bridgehead atoms. The van der Waals surface area contributed by atoms with Gasteiger partial charge in [0.15, 0.2) is 5.92 Å². The Morgan fingerprint density at radius 1 is 1.11 bits per heavy atom. The topological polar surface area (TPSA) is 114 Å². The highest BCUT2D eigenvalue weighted by Gasteiger charge is 2.46. The van der Waals surface area contributed by atoms with Crippen molar-refractivity contribution in [3.63, 3.8) is 0 Å². The van der Waals surface area contributed by atoms with E-state index in [1.165, 1.54) is 51.7 Å². The minimum atomic E-state index is -1.29. The third-order valence-electron chi connectivity index (χ3n) is 4.56. The predicted molar refractivity (Wildman–Crippen MR) is 95.6 cm³/mol. The molecule has 0 saturated heterocycles. The average molecular weight is 387 g/mol. The summed E-state index contributed by atoms with van der Waals surface area (Å²) in [6.07, 6.45) is 0. The van der Waals surface area contributed by atoms with Crippen LogP contribution in [0, 0.1) is 16.0 Å². The van der Waals surface area contributed by atoms with Gasteiger partial charge in [-0.15, -0.1) is 0 Å². The van der Waals surface area contributed by atoms with Crippen LogP contribution in [0.25, 0.3) is 0 Å². The highest BCUT2D eigenvalue weighted by Crippen LogP contribution is 2.49. The smallest absolute Gasteiger partial charge is 0.326 e. The lowest BCUT2D eigenvalue weighted by atomic mass is 9.78. The fourth-order valence-electron chi connectivity index (χ4n) is 3.25. The molecule has 0 unspecified atom stereocenters. The number of ether oxygens (including phenoxy) is 4. The second-order valence-electron chi connectivity index (χ2n) is 5.99. The first-order valence-electron chi connectivity index (χ1n) is 8.21. The van der Waals surface area contributed by atoms with E-state index in [-0.39, 0.29) is 11.4 Å². The van der Waals surface area contributed by atoms with Crippen LogP contribution in [-0.2, 0) is 14.3 Å². The lowest BCUT2D eigenvalue weighted by Gasteiger charge is -2.32. The SMILES string of the molecule is COC(=O)[C@H]1C(=O)Oc2cc(OC)cc(OC)c2[C@@H]1c1ccc([N+](=O)[O-])cc1. The minimum Gasteiger partial charge on any atom is -0.496 e. The average Bonchev–Trinajstić information content (AvgIpc) is 2.71. The van der Waals surface area contributed by atoms with Crippen molar-refractivity contribution in [3.8, 4) is 17.2 Å². The van der Waals surface area contributed by atoms with Crippen molar-refractivity contribution in [3.05, 3.63) is 57.6 Å². The number of nitro benzene ring substituents is 1. The van der Waals surface area contributed by atoms with Crippen LogP contribution in [0.1, 0.15) is 17.0 Å². The zero-order valence-electron chi connectivity index (χ0n) is 15.3. The van der Waals surface area contributed by atoms with Gasteiger partial charge in [-0.25, -0.2) is 0 Å². The van der Waals surface area contributed by atoms with Crippen molar-refractivity contribution in [2.75, 3.05) is 21.3 Å². The summed E-state index contributed by atoms with van der Waals surface area (Å²) < 4.78 is 20.8. The third kappa shape index (κ3) is 3.22. The van der Waals surface area contributed by atoms with Gasteiger partial charge in [0.05, 0.1) is 26.3 Å². The van der Waals surface area contributed by atoms with Crippen LogP contribution in [0.4, 0.5) is 5.69 Å². The lowest BCUT2D eigenvalue weighted by Crippen LogP contribution is -2.38. The number of fused-ring (bicyclic) bond motifs is 1. The molecule has 0 radical (unpaired) electrons. The first-order chi connectivity index (χ1) is 13.4.